The smallest absolute Gasteiger partial charge is 0.254 e. The third-order valence-corrected chi connectivity index (χ3v) is 3.99. The largest absolute Gasteiger partial charge is 0.493 e. The topological polar surface area (TPSA) is 107 Å². The van der Waals surface area contributed by atoms with E-state index in [2.05, 4.69) is 5.32 Å². The molecular formula is C19H22FN3O4. The van der Waals surface area contributed by atoms with Crippen LogP contribution in [0, 0.1) is 11.2 Å². The van der Waals surface area contributed by atoms with Crippen LogP contribution in [-0.4, -0.2) is 33.1 Å². The fraction of sp³-hybridized carbons (Fsp3) is 0.263. The van der Waals surface area contributed by atoms with Gasteiger partial charge in [-0.3, -0.25) is 10.2 Å². The van der Waals surface area contributed by atoms with E-state index in [1.54, 1.807) is 24.3 Å². The van der Waals surface area contributed by atoms with Crippen molar-refractivity contribution in [3.05, 3.63) is 58.9 Å². The van der Waals surface area contributed by atoms with E-state index in [0.717, 1.165) is 11.6 Å². The number of hydrogen-bond donors (Lipinski definition) is 3. The fourth-order valence-electron chi connectivity index (χ4n) is 2.53. The standard InChI is InChI=1S/C19H22FN3O4/c1-25-15-8-13(14(20)9-16(15)26-2)17(27-3)19(24)23-10-11-4-6-12(7-5-11)18(21)22/h4-9,17H,10H2,1-3H3,(H3,21,22)(H,23,24). The monoisotopic (exact) mass is 375 g/mol. The molecule has 2 aromatic carbocycles. The van der Waals surface area contributed by atoms with Gasteiger partial charge in [0.05, 0.1) is 14.2 Å². The number of methoxy groups -OCH3 is 3. The van der Waals surface area contributed by atoms with Crippen LogP contribution in [0.4, 0.5) is 4.39 Å². The minimum absolute atomic E-state index is 0.0334. The Kier molecular flexibility index (Phi) is 6.73. The Morgan fingerprint density at radius 1 is 1.15 bits per heavy atom. The van der Waals surface area contributed by atoms with Gasteiger partial charge in [-0.25, -0.2) is 4.39 Å². The van der Waals surface area contributed by atoms with E-state index in [9.17, 15) is 9.18 Å². The lowest BCUT2D eigenvalue weighted by molar-refractivity contribution is -0.131. The Labute approximate surface area is 156 Å². The number of rotatable bonds is 8. The lowest BCUT2D eigenvalue weighted by Gasteiger charge is -2.18. The maximum absolute atomic E-state index is 14.4. The van der Waals surface area contributed by atoms with Crippen LogP contribution in [0.2, 0.25) is 0 Å². The molecule has 0 bridgehead atoms. The van der Waals surface area contributed by atoms with Gasteiger partial charge in [-0.2, -0.15) is 0 Å². The molecule has 144 valence electrons. The molecule has 0 spiro atoms. The summed E-state index contributed by atoms with van der Waals surface area (Å²) in [4.78, 5) is 12.5. The highest BCUT2D eigenvalue weighted by molar-refractivity contribution is 5.94. The molecule has 0 fully saturated rings. The number of hydrogen-bond acceptors (Lipinski definition) is 5. The van der Waals surface area contributed by atoms with E-state index in [1.807, 2.05) is 0 Å². The van der Waals surface area contributed by atoms with E-state index in [1.165, 1.54) is 27.4 Å². The van der Waals surface area contributed by atoms with Gasteiger partial charge in [0, 0.05) is 30.8 Å². The number of ether oxygens (including phenoxy) is 3. The van der Waals surface area contributed by atoms with Crippen molar-refractivity contribution in [2.75, 3.05) is 21.3 Å². The molecule has 8 heteroatoms. The minimum atomic E-state index is -1.15. The summed E-state index contributed by atoms with van der Waals surface area (Å²) in [6.07, 6.45) is -1.15. The van der Waals surface area contributed by atoms with Crippen LogP contribution >= 0.6 is 0 Å². The molecule has 7 nitrogen and oxygen atoms in total. The van der Waals surface area contributed by atoms with Crippen molar-refractivity contribution in [1.82, 2.24) is 5.32 Å². The van der Waals surface area contributed by atoms with Gasteiger partial charge in [0.15, 0.2) is 17.6 Å². The molecule has 0 saturated heterocycles. The van der Waals surface area contributed by atoms with Gasteiger partial charge in [-0.1, -0.05) is 24.3 Å². The van der Waals surface area contributed by atoms with E-state index < -0.39 is 17.8 Å². The predicted molar refractivity (Wildman–Crippen MR) is 98.6 cm³/mol. The van der Waals surface area contributed by atoms with Crippen LogP contribution in [-0.2, 0) is 16.1 Å². The Bertz CT molecular complexity index is 824. The molecule has 0 aliphatic heterocycles. The number of halogens is 1. The molecule has 4 N–H and O–H groups in total. The summed E-state index contributed by atoms with van der Waals surface area (Å²) in [6.45, 7) is 0.214. The van der Waals surface area contributed by atoms with Crippen molar-refractivity contribution in [2.45, 2.75) is 12.6 Å². The number of amides is 1. The molecular weight excluding hydrogens is 353 g/mol. The lowest BCUT2D eigenvalue weighted by atomic mass is 10.1. The quantitative estimate of drug-likeness (QED) is 0.484. The zero-order valence-corrected chi connectivity index (χ0v) is 15.3. The molecule has 1 amide bonds. The van der Waals surface area contributed by atoms with Gasteiger partial charge in [0.1, 0.15) is 11.7 Å². The van der Waals surface area contributed by atoms with Gasteiger partial charge >= 0.3 is 0 Å². The first-order valence-electron chi connectivity index (χ1n) is 8.06. The summed E-state index contributed by atoms with van der Waals surface area (Å²) in [6, 6.07) is 9.39. The van der Waals surface area contributed by atoms with Crippen LogP contribution in [0.25, 0.3) is 0 Å². The van der Waals surface area contributed by atoms with Gasteiger partial charge in [0.2, 0.25) is 0 Å². The number of benzene rings is 2. The van der Waals surface area contributed by atoms with Crippen LogP contribution < -0.4 is 20.5 Å². The Morgan fingerprint density at radius 3 is 2.26 bits per heavy atom. The Balaban J connectivity index is 2.15. The fourth-order valence-corrected chi connectivity index (χ4v) is 2.53. The molecule has 0 heterocycles. The Morgan fingerprint density at radius 2 is 1.74 bits per heavy atom. The molecule has 0 radical (unpaired) electrons. The normalized spacial score (nSPS) is 11.6. The van der Waals surface area contributed by atoms with Crippen molar-refractivity contribution in [2.24, 2.45) is 5.73 Å². The van der Waals surface area contributed by atoms with E-state index in [0.29, 0.717) is 11.3 Å². The van der Waals surface area contributed by atoms with Crippen LogP contribution in [0.3, 0.4) is 0 Å². The van der Waals surface area contributed by atoms with E-state index in [4.69, 9.17) is 25.4 Å². The van der Waals surface area contributed by atoms with Gasteiger partial charge in [0.25, 0.3) is 5.91 Å². The maximum Gasteiger partial charge on any atom is 0.254 e. The van der Waals surface area contributed by atoms with Crippen molar-refractivity contribution >= 4 is 11.7 Å². The zero-order chi connectivity index (χ0) is 20.0. The second-order valence-corrected chi connectivity index (χ2v) is 5.67. The average molecular weight is 375 g/mol. The summed E-state index contributed by atoms with van der Waals surface area (Å²) < 4.78 is 29.8. The van der Waals surface area contributed by atoms with Crippen molar-refractivity contribution in [3.8, 4) is 11.5 Å². The SMILES string of the molecule is COc1cc(F)c(C(OC)C(=O)NCc2ccc(C(=N)N)cc2)cc1OC. The summed E-state index contributed by atoms with van der Waals surface area (Å²) in [5.74, 6) is -0.656. The second-order valence-electron chi connectivity index (χ2n) is 5.67. The van der Waals surface area contributed by atoms with Gasteiger partial charge in [-0.05, 0) is 11.6 Å². The highest BCUT2D eigenvalue weighted by atomic mass is 19.1. The summed E-state index contributed by atoms with van der Waals surface area (Å²) in [5.41, 5.74) is 6.84. The summed E-state index contributed by atoms with van der Waals surface area (Å²) >= 11 is 0. The molecule has 0 aliphatic carbocycles. The molecule has 2 rings (SSSR count). The number of nitrogen functional groups attached to an aromatic ring is 1. The van der Waals surface area contributed by atoms with E-state index >= 15 is 0 Å². The zero-order valence-electron chi connectivity index (χ0n) is 15.3. The number of amidine groups is 1. The molecule has 27 heavy (non-hydrogen) atoms. The minimum Gasteiger partial charge on any atom is -0.493 e. The molecule has 0 aromatic heterocycles. The molecule has 2 aromatic rings. The number of carbonyl (C=O) groups is 1. The van der Waals surface area contributed by atoms with Crippen LogP contribution in [0.1, 0.15) is 22.8 Å². The number of nitrogens with one attached hydrogen (secondary N) is 2. The first-order chi connectivity index (χ1) is 12.9. The van der Waals surface area contributed by atoms with E-state index in [-0.39, 0.29) is 23.7 Å². The molecule has 0 saturated carbocycles. The summed E-state index contributed by atoms with van der Waals surface area (Å²) in [7, 11) is 4.14. The Hall–Kier alpha value is -3.13. The molecule has 1 atom stereocenters. The maximum atomic E-state index is 14.4. The third kappa shape index (κ3) is 4.73. The second kappa shape index (κ2) is 9.00. The summed E-state index contributed by atoms with van der Waals surface area (Å²) in [5, 5.41) is 10.1. The lowest BCUT2D eigenvalue weighted by Crippen LogP contribution is -2.30. The van der Waals surface area contributed by atoms with Gasteiger partial charge < -0.3 is 25.3 Å². The van der Waals surface area contributed by atoms with Crippen LogP contribution in [0.15, 0.2) is 36.4 Å². The van der Waals surface area contributed by atoms with Crippen LogP contribution in [0.5, 0.6) is 11.5 Å². The first-order valence-corrected chi connectivity index (χ1v) is 8.06. The highest BCUT2D eigenvalue weighted by Crippen LogP contribution is 2.33. The third-order valence-electron chi connectivity index (χ3n) is 3.99. The van der Waals surface area contributed by atoms with Crippen molar-refractivity contribution in [1.29, 1.82) is 5.41 Å². The van der Waals surface area contributed by atoms with Crippen molar-refractivity contribution < 1.29 is 23.4 Å². The van der Waals surface area contributed by atoms with Crippen molar-refractivity contribution in [3.63, 3.8) is 0 Å². The van der Waals surface area contributed by atoms with Gasteiger partial charge in [-0.15, -0.1) is 0 Å². The number of carbonyl (C=O) groups excluding carboxylic acids is 1. The molecule has 0 aliphatic rings. The molecule has 1 unspecified atom stereocenters. The number of nitrogens with two attached hydrogens (primary N) is 1. The average Bonchev–Trinajstić information content (AvgIpc) is 2.68. The highest BCUT2D eigenvalue weighted by Gasteiger charge is 2.25. The first kappa shape index (κ1) is 20.2. The predicted octanol–water partition coefficient (Wildman–Crippen LogP) is 2.13.